The number of hydrogen-bond acceptors (Lipinski definition) is 7. The number of carbonyl (C=O) groups excluding carboxylic acids is 2. The maximum atomic E-state index is 14.3. The fraction of sp³-hybridized carbons (Fsp3) is 0.333. The molecule has 0 saturated heterocycles. The minimum Gasteiger partial charge on any atom is -0.495 e. The van der Waals surface area contributed by atoms with Crippen molar-refractivity contribution in [3.63, 3.8) is 0 Å². The van der Waals surface area contributed by atoms with Crippen LogP contribution in [0.3, 0.4) is 0 Å². The van der Waals surface area contributed by atoms with Gasteiger partial charge in [0.2, 0.25) is 11.8 Å². The molecule has 0 aromatic heterocycles. The molecule has 3 aromatic rings. The smallest absolute Gasteiger partial charge is 0.265 e. The van der Waals surface area contributed by atoms with Gasteiger partial charge < -0.3 is 24.4 Å². The van der Waals surface area contributed by atoms with Crippen LogP contribution in [0.1, 0.15) is 25.8 Å². The minimum atomic E-state index is -4.47. The van der Waals surface area contributed by atoms with Crippen LogP contribution in [0.5, 0.6) is 17.2 Å². The molecule has 2 amide bonds. The number of amides is 2. The van der Waals surface area contributed by atoms with Crippen LogP contribution in [-0.4, -0.2) is 65.6 Å². The molecule has 0 heterocycles. The van der Waals surface area contributed by atoms with E-state index in [1.807, 2.05) is 6.92 Å². The lowest BCUT2D eigenvalue weighted by Crippen LogP contribution is -2.51. The number of sulfonamides is 1. The summed E-state index contributed by atoms with van der Waals surface area (Å²) < 4.78 is 45.5. The van der Waals surface area contributed by atoms with Crippen molar-refractivity contribution in [3.05, 3.63) is 75.2 Å². The molecule has 0 unspecified atom stereocenters. The highest BCUT2D eigenvalue weighted by Crippen LogP contribution is 2.37. The molecule has 0 bridgehead atoms. The monoisotopic (exact) mass is 685 g/mol. The van der Waals surface area contributed by atoms with Crippen LogP contribution < -0.4 is 23.8 Å². The van der Waals surface area contributed by atoms with E-state index in [-0.39, 0.29) is 38.7 Å². The number of rotatable bonds is 14. The number of methoxy groups -OCH3 is 3. The Kier molecular flexibility index (Phi) is 12.4. The first-order chi connectivity index (χ1) is 20.9. The molecule has 14 heteroatoms. The van der Waals surface area contributed by atoms with Crippen LogP contribution in [-0.2, 0) is 26.2 Å². The van der Waals surface area contributed by atoms with Gasteiger partial charge in [0.1, 0.15) is 18.3 Å². The summed E-state index contributed by atoms with van der Waals surface area (Å²) in [4.78, 5) is 28.3. The normalized spacial score (nSPS) is 11.8. The van der Waals surface area contributed by atoms with E-state index in [2.05, 4.69) is 5.32 Å². The Bertz CT molecular complexity index is 1600. The van der Waals surface area contributed by atoms with Gasteiger partial charge in [0.15, 0.2) is 11.5 Å². The van der Waals surface area contributed by atoms with Gasteiger partial charge >= 0.3 is 0 Å². The van der Waals surface area contributed by atoms with Crippen LogP contribution in [0.25, 0.3) is 0 Å². The van der Waals surface area contributed by atoms with Crippen LogP contribution in [0.4, 0.5) is 5.69 Å². The maximum absolute atomic E-state index is 14.3. The van der Waals surface area contributed by atoms with Crippen LogP contribution in [0.2, 0.25) is 15.1 Å². The molecule has 10 nitrogen and oxygen atoms in total. The van der Waals surface area contributed by atoms with Gasteiger partial charge in [0.05, 0.1) is 31.9 Å². The molecular formula is C30H34Cl3N3O7S. The molecule has 0 aliphatic carbocycles. The molecular weight excluding hydrogens is 653 g/mol. The molecule has 0 spiro atoms. The quantitative estimate of drug-likeness (QED) is 0.228. The minimum absolute atomic E-state index is 0.00991. The number of anilines is 1. The highest BCUT2D eigenvalue weighted by Gasteiger charge is 2.34. The van der Waals surface area contributed by atoms with E-state index in [9.17, 15) is 18.0 Å². The summed E-state index contributed by atoms with van der Waals surface area (Å²) in [6.07, 6.45) is 0.682. The molecule has 238 valence electrons. The van der Waals surface area contributed by atoms with Gasteiger partial charge in [-0.05, 0) is 61.4 Å². The third-order valence-corrected chi connectivity index (χ3v) is 9.28. The highest BCUT2D eigenvalue weighted by atomic mass is 35.5. The Morgan fingerprint density at radius 1 is 0.864 bits per heavy atom. The van der Waals surface area contributed by atoms with Crippen LogP contribution in [0, 0.1) is 0 Å². The van der Waals surface area contributed by atoms with E-state index >= 15 is 0 Å². The van der Waals surface area contributed by atoms with Gasteiger partial charge in [-0.25, -0.2) is 8.42 Å². The second kappa shape index (κ2) is 15.6. The summed E-state index contributed by atoms with van der Waals surface area (Å²) in [6, 6.07) is 12.2. The average molecular weight is 687 g/mol. The van der Waals surface area contributed by atoms with E-state index in [4.69, 9.17) is 49.0 Å². The van der Waals surface area contributed by atoms with Crippen molar-refractivity contribution in [2.45, 2.75) is 37.8 Å². The van der Waals surface area contributed by atoms with Gasteiger partial charge in [-0.3, -0.25) is 13.9 Å². The number of ether oxygens (including phenoxy) is 3. The van der Waals surface area contributed by atoms with E-state index in [0.29, 0.717) is 29.3 Å². The first-order valence-corrected chi connectivity index (χ1v) is 16.0. The van der Waals surface area contributed by atoms with Crippen molar-refractivity contribution in [2.24, 2.45) is 0 Å². The van der Waals surface area contributed by atoms with Gasteiger partial charge in [0.25, 0.3) is 10.0 Å². The number of carbonyl (C=O) groups is 2. The van der Waals surface area contributed by atoms with Crippen molar-refractivity contribution in [1.29, 1.82) is 0 Å². The predicted octanol–water partition coefficient (Wildman–Crippen LogP) is 5.81. The van der Waals surface area contributed by atoms with Crippen LogP contribution >= 0.6 is 34.8 Å². The van der Waals surface area contributed by atoms with Crippen molar-refractivity contribution in [2.75, 3.05) is 38.7 Å². The molecule has 0 saturated carbocycles. The molecule has 1 atom stereocenters. The zero-order chi connectivity index (χ0) is 32.6. The fourth-order valence-corrected chi connectivity index (χ4v) is 6.35. The Morgan fingerprint density at radius 3 is 2.09 bits per heavy atom. The second-order valence-electron chi connectivity index (χ2n) is 9.57. The lowest BCUT2D eigenvalue weighted by atomic mass is 10.1. The SMILES string of the molecule is CCCNC(=O)[C@H](C)N(Cc1ccc(Cl)cc1Cl)C(=O)CN(c1cc(Cl)ccc1OC)S(=O)(=O)c1ccc(OC)c(OC)c1. The molecule has 0 radical (unpaired) electrons. The molecule has 0 aliphatic heterocycles. The van der Waals surface area contributed by atoms with Crippen molar-refractivity contribution in [3.8, 4) is 17.2 Å². The maximum Gasteiger partial charge on any atom is 0.265 e. The Labute approximate surface area is 272 Å². The zero-order valence-corrected chi connectivity index (χ0v) is 28.0. The summed E-state index contributed by atoms with van der Waals surface area (Å²) in [5.74, 6) is -0.487. The molecule has 44 heavy (non-hydrogen) atoms. The lowest BCUT2D eigenvalue weighted by Gasteiger charge is -2.32. The van der Waals surface area contributed by atoms with E-state index in [1.54, 1.807) is 19.1 Å². The van der Waals surface area contributed by atoms with Gasteiger partial charge in [-0.2, -0.15) is 0 Å². The largest absolute Gasteiger partial charge is 0.495 e. The van der Waals surface area contributed by atoms with E-state index < -0.39 is 34.4 Å². The molecule has 0 fully saturated rings. The molecule has 3 rings (SSSR count). The first kappa shape index (κ1) is 35.1. The van der Waals surface area contributed by atoms with Gasteiger partial charge in [0, 0.05) is 34.2 Å². The number of nitrogens with zero attached hydrogens (tertiary/aromatic N) is 2. The standard InChI is InChI=1S/C30H34Cl3N3O7S/c1-6-13-34-30(38)19(2)35(17-20-7-8-21(31)14-24(20)33)29(37)18-36(25-15-22(32)9-11-26(25)41-3)44(39,40)23-10-12-27(42-4)28(16-23)43-5/h7-12,14-16,19H,6,13,17-18H2,1-5H3,(H,34,38)/t19-/m0/s1. The predicted molar refractivity (Wildman–Crippen MR) is 172 cm³/mol. The summed E-state index contributed by atoms with van der Waals surface area (Å²) in [7, 11) is -0.304. The van der Waals surface area contributed by atoms with Crippen LogP contribution in [0.15, 0.2) is 59.5 Å². The Balaban J connectivity index is 2.16. The summed E-state index contributed by atoms with van der Waals surface area (Å²) in [5, 5.41) is 3.67. The second-order valence-corrected chi connectivity index (χ2v) is 12.7. The third-order valence-electron chi connectivity index (χ3n) is 6.70. The summed E-state index contributed by atoms with van der Waals surface area (Å²) in [6.45, 7) is 3.03. The topological polar surface area (TPSA) is 114 Å². The number of halogens is 3. The number of benzene rings is 3. The highest BCUT2D eigenvalue weighted by molar-refractivity contribution is 7.92. The fourth-order valence-electron chi connectivity index (χ4n) is 4.29. The van der Waals surface area contributed by atoms with Gasteiger partial charge in [-0.15, -0.1) is 0 Å². The lowest BCUT2D eigenvalue weighted by molar-refractivity contribution is -0.139. The van der Waals surface area contributed by atoms with Crippen molar-refractivity contribution in [1.82, 2.24) is 10.2 Å². The van der Waals surface area contributed by atoms with Crippen molar-refractivity contribution >= 4 is 62.3 Å². The molecule has 1 N–H and O–H groups in total. The van der Waals surface area contributed by atoms with E-state index in [0.717, 1.165) is 4.31 Å². The Morgan fingerprint density at radius 2 is 1.48 bits per heavy atom. The summed E-state index contributed by atoms with van der Waals surface area (Å²) >= 11 is 18.8. The molecule has 3 aromatic carbocycles. The third kappa shape index (κ3) is 8.20. The van der Waals surface area contributed by atoms with E-state index in [1.165, 1.54) is 68.7 Å². The average Bonchev–Trinajstić information content (AvgIpc) is 3.01. The summed E-state index contributed by atoms with van der Waals surface area (Å²) in [5.41, 5.74) is 0.518. The van der Waals surface area contributed by atoms with Crippen molar-refractivity contribution < 1.29 is 32.2 Å². The van der Waals surface area contributed by atoms with Gasteiger partial charge in [-0.1, -0.05) is 47.8 Å². The number of hydrogen-bond donors (Lipinski definition) is 1. The number of nitrogens with one attached hydrogen (secondary N) is 1. The molecule has 0 aliphatic rings. The first-order valence-electron chi connectivity index (χ1n) is 13.5. The zero-order valence-electron chi connectivity index (χ0n) is 24.9. The Hall–Kier alpha value is -3.38.